The molecule has 0 radical (unpaired) electrons. The smallest absolute Gasteiger partial charge is 0.193 e. The summed E-state index contributed by atoms with van der Waals surface area (Å²) < 4.78 is 13.3. The number of carbonyl (C=O) groups is 1. The van der Waals surface area contributed by atoms with Crippen LogP contribution in [0.3, 0.4) is 0 Å². The van der Waals surface area contributed by atoms with Crippen molar-refractivity contribution in [1.29, 1.82) is 0 Å². The van der Waals surface area contributed by atoms with E-state index >= 15 is 0 Å². The minimum absolute atomic E-state index is 0.0478. The zero-order valence-corrected chi connectivity index (χ0v) is 10.3. The van der Waals surface area contributed by atoms with Crippen LogP contribution in [0.15, 0.2) is 36.4 Å². The van der Waals surface area contributed by atoms with Gasteiger partial charge in [-0.1, -0.05) is 12.1 Å². The van der Waals surface area contributed by atoms with Crippen LogP contribution in [0.25, 0.3) is 0 Å². The van der Waals surface area contributed by atoms with Crippen molar-refractivity contribution in [1.82, 2.24) is 0 Å². The van der Waals surface area contributed by atoms with E-state index in [0.29, 0.717) is 11.1 Å². The Kier molecular flexibility index (Phi) is 3.15. The van der Waals surface area contributed by atoms with Gasteiger partial charge in [-0.15, -0.1) is 0 Å². The third-order valence-electron chi connectivity index (χ3n) is 3.03. The summed E-state index contributed by atoms with van der Waals surface area (Å²) in [6.45, 7) is 3.92. The molecule has 0 saturated carbocycles. The molecule has 2 N–H and O–H groups in total. The number of aryl methyl sites for hydroxylation is 2. The van der Waals surface area contributed by atoms with Crippen molar-refractivity contribution in [3.05, 3.63) is 64.5 Å². The Balaban J connectivity index is 2.41. The van der Waals surface area contributed by atoms with Crippen LogP contribution >= 0.6 is 0 Å². The van der Waals surface area contributed by atoms with Crippen LogP contribution in [0.5, 0.6) is 0 Å². The molecule has 0 aliphatic rings. The normalized spacial score (nSPS) is 10.4. The van der Waals surface area contributed by atoms with Crippen molar-refractivity contribution in [2.45, 2.75) is 13.8 Å². The summed E-state index contributed by atoms with van der Waals surface area (Å²) in [5.41, 5.74) is 8.46. The Morgan fingerprint density at radius 3 is 2.22 bits per heavy atom. The van der Waals surface area contributed by atoms with E-state index in [4.69, 9.17) is 5.73 Å². The second-order valence-electron chi connectivity index (χ2n) is 4.36. The van der Waals surface area contributed by atoms with Gasteiger partial charge in [0, 0.05) is 11.1 Å². The number of anilines is 1. The predicted molar refractivity (Wildman–Crippen MR) is 70.2 cm³/mol. The first-order chi connectivity index (χ1) is 8.49. The fourth-order valence-corrected chi connectivity index (χ4v) is 1.72. The van der Waals surface area contributed by atoms with Crippen LogP contribution < -0.4 is 5.73 Å². The van der Waals surface area contributed by atoms with E-state index in [1.54, 1.807) is 6.07 Å². The molecule has 0 fully saturated rings. The van der Waals surface area contributed by atoms with E-state index in [1.807, 2.05) is 26.0 Å². The molecule has 0 aromatic heterocycles. The predicted octanol–water partition coefficient (Wildman–Crippen LogP) is 3.26. The SMILES string of the molecule is Cc1ccc(C(=O)c2ccc(N)c(F)c2)cc1C. The maximum absolute atomic E-state index is 13.3. The fourth-order valence-electron chi connectivity index (χ4n) is 1.72. The van der Waals surface area contributed by atoms with Crippen LogP contribution in [-0.2, 0) is 0 Å². The van der Waals surface area contributed by atoms with Crippen LogP contribution in [0, 0.1) is 19.7 Å². The topological polar surface area (TPSA) is 43.1 Å². The summed E-state index contributed by atoms with van der Waals surface area (Å²) in [7, 11) is 0. The summed E-state index contributed by atoms with van der Waals surface area (Å²) in [6, 6.07) is 9.56. The van der Waals surface area contributed by atoms with Crippen molar-refractivity contribution in [3.8, 4) is 0 Å². The van der Waals surface area contributed by atoms with Gasteiger partial charge in [0.25, 0.3) is 0 Å². The lowest BCUT2D eigenvalue weighted by molar-refractivity contribution is 0.103. The molecule has 2 nitrogen and oxygen atoms in total. The van der Waals surface area contributed by atoms with E-state index in [1.165, 1.54) is 18.2 Å². The summed E-state index contributed by atoms with van der Waals surface area (Å²) >= 11 is 0. The molecule has 0 unspecified atom stereocenters. The zero-order chi connectivity index (χ0) is 13.3. The van der Waals surface area contributed by atoms with Crippen LogP contribution in [0.2, 0.25) is 0 Å². The molecule has 0 saturated heterocycles. The lowest BCUT2D eigenvalue weighted by Gasteiger charge is -2.05. The van der Waals surface area contributed by atoms with Crippen LogP contribution in [-0.4, -0.2) is 5.78 Å². The lowest BCUT2D eigenvalue weighted by atomic mass is 9.99. The Morgan fingerprint density at radius 2 is 1.61 bits per heavy atom. The second kappa shape index (κ2) is 4.61. The molecule has 2 aromatic rings. The summed E-state index contributed by atoms with van der Waals surface area (Å²) in [4.78, 5) is 12.2. The van der Waals surface area contributed by atoms with E-state index < -0.39 is 5.82 Å². The van der Waals surface area contributed by atoms with Gasteiger partial charge in [0.15, 0.2) is 5.78 Å². The minimum Gasteiger partial charge on any atom is -0.396 e. The highest BCUT2D eigenvalue weighted by molar-refractivity contribution is 6.09. The molecule has 18 heavy (non-hydrogen) atoms. The Labute approximate surface area is 105 Å². The van der Waals surface area contributed by atoms with Gasteiger partial charge in [-0.25, -0.2) is 4.39 Å². The first kappa shape index (κ1) is 12.3. The highest BCUT2D eigenvalue weighted by Gasteiger charge is 2.11. The van der Waals surface area contributed by atoms with Crippen molar-refractivity contribution >= 4 is 11.5 Å². The second-order valence-corrected chi connectivity index (χ2v) is 4.36. The number of rotatable bonds is 2. The quantitative estimate of drug-likeness (QED) is 0.650. The van der Waals surface area contributed by atoms with Gasteiger partial charge in [0.1, 0.15) is 5.82 Å². The molecule has 0 amide bonds. The van der Waals surface area contributed by atoms with Crippen LogP contribution in [0.4, 0.5) is 10.1 Å². The molecule has 2 aromatic carbocycles. The molecule has 3 heteroatoms. The first-order valence-corrected chi connectivity index (χ1v) is 5.66. The van der Waals surface area contributed by atoms with Gasteiger partial charge in [-0.05, 0) is 49.2 Å². The molecule has 0 atom stereocenters. The molecular formula is C15H14FNO. The highest BCUT2D eigenvalue weighted by Crippen LogP contribution is 2.17. The summed E-state index contributed by atoms with van der Waals surface area (Å²) in [6.07, 6.45) is 0. The van der Waals surface area contributed by atoms with E-state index in [9.17, 15) is 9.18 Å². The molecule has 0 bridgehead atoms. The minimum atomic E-state index is -0.565. The van der Waals surface area contributed by atoms with Gasteiger partial charge in [-0.2, -0.15) is 0 Å². The third-order valence-corrected chi connectivity index (χ3v) is 3.03. The van der Waals surface area contributed by atoms with Crippen molar-refractivity contribution in [2.75, 3.05) is 5.73 Å². The van der Waals surface area contributed by atoms with Gasteiger partial charge >= 0.3 is 0 Å². The number of carbonyl (C=O) groups excluding carboxylic acids is 1. The Morgan fingerprint density at radius 1 is 1.00 bits per heavy atom. The first-order valence-electron chi connectivity index (χ1n) is 5.66. The number of benzene rings is 2. The van der Waals surface area contributed by atoms with Gasteiger partial charge in [-0.3, -0.25) is 4.79 Å². The lowest BCUT2D eigenvalue weighted by Crippen LogP contribution is -2.03. The zero-order valence-electron chi connectivity index (χ0n) is 10.3. The standard InChI is InChI=1S/C15H14FNO/c1-9-3-4-11(7-10(9)2)15(18)12-5-6-14(17)13(16)8-12/h3-8H,17H2,1-2H3. The Bertz CT molecular complexity index is 566. The number of nitrogens with two attached hydrogens (primary N) is 1. The molecule has 0 heterocycles. The monoisotopic (exact) mass is 243 g/mol. The molecule has 0 aliphatic carbocycles. The van der Waals surface area contributed by atoms with Crippen LogP contribution in [0.1, 0.15) is 27.0 Å². The summed E-state index contributed by atoms with van der Waals surface area (Å²) in [5.74, 6) is -0.762. The van der Waals surface area contributed by atoms with Crippen molar-refractivity contribution in [3.63, 3.8) is 0 Å². The number of ketones is 1. The maximum Gasteiger partial charge on any atom is 0.193 e. The van der Waals surface area contributed by atoms with E-state index in [0.717, 1.165) is 11.1 Å². The van der Waals surface area contributed by atoms with Gasteiger partial charge in [0.05, 0.1) is 5.69 Å². The van der Waals surface area contributed by atoms with E-state index in [-0.39, 0.29) is 11.5 Å². The molecular weight excluding hydrogens is 229 g/mol. The maximum atomic E-state index is 13.3. The highest BCUT2D eigenvalue weighted by atomic mass is 19.1. The third kappa shape index (κ3) is 2.25. The number of hydrogen-bond acceptors (Lipinski definition) is 2. The molecule has 92 valence electrons. The molecule has 0 aliphatic heterocycles. The Hall–Kier alpha value is -2.16. The van der Waals surface area contributed by atoms with Crippen molar-refractivity contribution in [2.24, 2.45) is 0 Å². The van der Waals surface area contributed by atoms with Gasteiger partial charge < -0.3 is 5.73 Å². The fraction of sp³-hybridized carbons (Fsp3) is 0.133. The van der Waals surface area contributed by atoms with Crippen molar-refractivity contribution < 1.29 is 9.18 Å². The number of nitrogen functional groups attached to an aromatic ring is 1. The average molecular weight is 243 g/mol. The van der Waals surface area contributed by atoms with Gasteiger partial charge in [0.2, 0.25) is 0 Å². The summed E-state index contributed by atoms with van der Waals surface area (Å²) in [5, 5.41) is 0. The molecule has 0 spiro atoms. The number of halogens is 1. The largest absolute Gasteiger partial charge is 0.396 e. The van der Waals surface area contributed by atoms with E-state index in [2.05, 4.69) is 0 Å². The average Bonchev–Trinajstić information content (AvgIpc) is 2.35. The number of hydrogen-bond donors (Lipinski definition) is 1. The molecule has 2 rings (SSSR count).